The predicted molar refractivity (Wildman–Crippen MR) is 92.9 cm³/mol. The molecule has 0 unspecified atom stereocenters. The molecular formula is C19H24FN3O2. The molecule has 0 aliphatic carbocycles. The molecule has 0 bridgehead atoms. The second-order valence-corrected chi connectivity index (χ2v) is 6.67. The van der Waals surface area contributed by atoms with Crippen molar-refractivity contribution in [2.24, 2.45) is 13.0 Å². The maximum atomic E-state index is 13.9. The lowest BCUT2D eigenvalue weighted by Gasteiger charge is -2.38. The molecule has 2 aromatic rings. The molecule has 3 rings (SSSR count). The maximum Gasteiger partial charge on any atom is 0.257 e. The van der Waals surface area contributed by atoms with Crippen molar-refractivity contribution in [2.75, 3.05) is 20.2 Å². The van der Waals surface area contributed by atoms with Gasteiger partial charge in [0.25, 0.3) is 5.91 Å². The Morgan fingerprint density at radius 1 is 1.40 bits per heavy atom. The Bertz CT molecular complexity index is 759. The maximum absolute atomic E-state index is 13.9. The zero-order valence-corrected chi connectivity index (χ0v) is 14.9. The van der Waals surface area contributed by atoms with Crippen LogP contribution in [0.3, 0.4) is 0 Å². The van der Waals surface area contributed by atoms with Crippen LogP contribution in [-0.2, 0) is 18.2 Å². The smallest absolute Gasteiger partial charge is 0.257 e. The molecule has 1 aromatic heterocycles. The molecular weight excluding hydrogens is 321 g/mol. The highest BCUT2D eigenvalue weighted by molar-refractivity contribution is 5.95. The average Bonchev–Trinajstić information content (AvgIpc) is 2.95. The molecule has 2 atom stereocenters. The number of methoxy groups -OCH3 is 1. The summed E-state index contributed by atoms with van der Waals surface area (Å²) >= 11 is 0. The average molecular weight is 345 g/mol. The third-order valence-electron chi connectivity index (χ3n) is 4.97. The van der Waals surface area contributed by atoms with Crippen molar-refractivity contribution in [3.8, 4) is 0 Å². The van der Waals surface area contributed by atoms with Crippen molar-refractivity contribution >= 4 is 5.91 Å². The van der Waals surface area contributed by atoms with Gasteiger partial charge < -0.3 is 9.64 Å². The lowest BCUT2D eigenvalue weighted by atomic mass is 9.87. The van der Waals surface area contributed by atoms with Crippen molar-refractivity contribution in [3.05, 3.63) is 53.1 Å². The number of carbonyl (C=O) groups is 1. The largest absolute Gasteiger partial charge is 0.379 e. The van der Waals surface area contributed by atoms with E-state index in [1.807, 2.05) is 31.0 Å². The second kappa shape index (κ2) is 7.35. The van der Waals surface area contributed by atoms with Crippen LogP contribution in [0.2, 0.25) is 0 Å². The Kier molecular flexibility index (Phi) is 5.18. The number of piperidine rings is 1. The summed E-state index contributed by atoms with van der Waals surface area (Å²) in [5, 5.41) is 4.24. The van der Waals surface area contributed by atoms with Crippen LogP contribution in [0, 0.1) is 18.7 Å². The Labute approximate surface area is 147 Å². The van der Waals surface area contributed by atoms with Gasteiger partial charge in [-0.3, -0.25) is 9.48 Å². The van der Waals surface area contributed by atoms with Crippen molar-refractivity contribution in [1.82, 2.24) is 14.7 Å². The highest BCUT2D eigenvalue weighted by Crippen LogP contribution is 2.26. The standard InChI is InChI=1S/C19H24FN3O2/c1-13-16(11-22(2)21-13)19(24)23-9-8-15(18(12-23)25-3)10-14-6-4-5-7-17(14)20/h4-7,11,15,18H,8-10,12H2,1-3H3/t15-,18-/m1/s1. The van der Waals surface area contributed by atoms with Gasteiger partial charge in [-0.2, -0.15) is 5.10 Å². The molecule has 25 heavy (non-hydrogen) atoms. The third-order valence-corrected chi connectivity index (χ3v) is 4.97. The Hall–Kier alpha value is -2.21. The minimum Gasteiger partial charge on any atom is -0.379 e. The molecule has 1 aliphatic heterocycles. The summed E-state index contributed by atoms with van der Waals surface area (Å²) in [6, 6.07) is 6.85. The summed E-state index contributed by atoms with van der Waals surface area (Å²) in [7, 11) is 3.46. The quantitative estimate of drug-likeness (QED) is 0.856. The summed E-state index contributed by atoms with van der Waals surface area (Å²) in [6.07, 6.45) is 3.07. The molecule has 0 N–H and O–H groups in total. The van der Waals surface area contributed by atoms with Crippen LogP contribution in [0.25, 0.3) is 0 Å². The molecule has 0 radical (unpaired) electrons. The van der Waals surface area contributed by atoms with Crippen molar-refractivity contribution in [3.63, 3.8) is 0 Å². The second-order valence-electron chi connectivity index (χ2n) is 6.67. The summed E-state index contributed by atoms with van der Waals surface area (Å²) in [4.78, 5) is 14.6. The van der Waals surface area contributed by atoms with E-state index in [1.165, 1.54) is 6.07 Å². The van der Waals surface area contributed by atoms with E-state index in [9.17, 15) is 9.18 Å². The number of likely N-dealkylation sites (tertiary alicyclic amines) is 1. The number of aromatic nitrogens is 2. The van der Waals surface area contributed by atoms with Gasteiger partial charge >= 0.3 is 0 Å². The molecule has 2 heterocycles. The Morgan fingerprint density at radius 3 is 2.80 bits per heavy atom. The number of nitrogens with zero attached hydrogens (tertiary/aromatic N) is 3. The fourth-order valence-corrected chi connectivity index (χ4v) is 3.58. The van der Waals surface area contributed by atoms with Gasteiger partial charge in [0.1, 0.15) is 5.82 Å². The van der Waals surface area contributed by atoms with Gasteiger partial charge in [-0.05, 0) is 37.3 Å². The van der Waals surface area contributed by atoms with Gasteiger partial charge in [-0.25, -0.2) is 4.39 Å². The molecule has 134 valence electrons. The SMILES string of the molecule is CO[C@@H]1CN(C(=O)c2cn(C)nc2C)CC[C@@H]1Cc1ccccc1F. The van der Waals surface area contributed by atoms with Gasteiger partial charge in [0.15, 0.2) is 0 Å². The van der Waals surface area contributed by atoms with Crippen LogP contribution in [0.1, 0.15) is 28.0 Å². The van der Waals surface area contributed by atoms with E-state index in [0.717, 1.165) is 12.1 Å². The molecule has 5 nitrogen and oxygen atoms in total. The fraction of sp³-hybridized carbons (Fsp3) is 0.474. The van der Waals surface area contributed by atoms with Crippen LogP contribution in [-0.4, -0.2) is 46.9 Å². The van der Waals surface area contributed by atoms with E-state index in [-0.39, 0.29) is 23.7 Å². The van der Waals surface area contributed by atoms with Gasteiger partial charge in [-0.1, -0.05) is 18.2 Å². The lowest BCUT2D eigenvalue weighted by Crippen LogP contribution is -2.48. The lowest BCUT2D eigenvalue weighted by molar-refractivity contribution is -0.00720. The van der Waals surface area contributed by atoms with E-state index >= 15 is 0 Å². The van der Waals surface area contributed by atoms with Crippen molar-refractivity contribution in [1.29, 1.82) is 0 Å². The number of amides is 1. The molecule has 1 aliphatic rings. The molecule has 1 amide bonds. The normalized spacial score (nSPS) is 20.7. The number of aryl methyl sites for hydroxylation is 2. The number of hydrogen-bond acceptors (Lipinski definition) is 3. The van der Waals surface area contributed by atoms with Gasteiger partial charge in [0.2, 0.25) is 0 Å². The molecule has 6 heteroatoms. The topological polar surface area (TPSA) is 47.4 Å². The van der Waals surface area contributed by atoms with Gasteiger partial charge in [-0.15, -0.1) is 0 Å². The number of halogens is 1. The summed E-state index contributed by atoms with van der Waals surface area (Å²) < 4.78 is 21.2. The number of ether oxygens (including phenoxy) is 1. The molecule has 0 saturated carbocycles. The summed E-state index contributed by atoms with van der Waals surface area (Å²) in [5.41, 5.74) is 2.07. The predicted octanol–water partition coefficient (Wildman–Crippen LogP) is 2.59. The Balaban J connectivity index is 1.70. The zero-order chi connectivity index (χ0) is 18.0. The van der Waals surface area contributed by atoms with Crippen LogP contribution in [0.5, 0.6) is 0 Å². The van der Waals surface area contributed by atoms with Crippen LogP contribution in [0.15, 0.2) is 30.5 Å². The first-order valence-electron chi connectivity index (χ1n) is 8.55. The van der Waals surface area contributed by atoms with Gasteiger partial charge in [0, 0.05) is 33.4 Å². The molecule has 0 spiro atoms. The van der Waals surface area contributed by atoms with Crippen molar-refractivity contribution < 1.29 is 13.9 Å². The third kappa shape index (κ3) is 3.74. The summed E-state index contributed by atoms with van der Waals surface area (Å²) in [5.74, 6) is -0.000203. The Morgan fingerprint density at radius 2 is 2.16 bits per heavy atom. The van der Waals surface area contributed by atoms with Crippen LogP contribution in [0.4, 0.5) is 4.39 Å². The van der Waals surface area contributed by atoms with Crippen LogP contribution < -0.4 is 0 Å². The number of hydrogen-bond donors (Lipinski definition) is 0. The minimum absolute atomic E-state index is 0.0167. The first-order valence-corrected chi connectivity index (χ1v) is 8.55. The van der Waals surface area contributed by atoms with Gasteiger partial charge in [0.05, 0.1) is 17.4 Å². The van der Waals surface area contributed by atoms with Crippen molar-refractivity contribution in [2.45, 2.75) is 25.9 Å². The molecule has 1 aromatic carbocycles. The first-order chi connectivity index (χ1) is 12.0. The fourth-order valence-electron chi connectivity index (χ4n) is 3.58. The highest BCUT2D eigenvalue weighted by Gasteiger charge is 2.33. The first kappa shape index (κ1) is 17.6. The highest BCUT2D eigenvalue weighted by atomic mass is 19.1. The molecule has 1 fully saturated rings. The van der Waals surface area contributed by atoms with E-state index < -0.39 is 0 Å². The van der Waals surface area contributed by atoms with E-state index in [1.54, 1.807) is 24.1 Å². The minimum atomic E-state index is -0.179. The number of benzene rings is 1. The molecule has 1 saturated heterocycles. The monoisotopic (exact) mass is 345 g/mol. The van der Waals surface area contributed by atoms with E-state index in [4.69, 9.17) is 4.74 Å². The van der Waals surface area contributed by atoms with E-state index in [2.05, 4.69) is 5.10 Å². The number of rotatable bonds is 4. The van der Waals surface area contributed by atoms with Crippen LogP contribution >= 0.6 is 0 Å². The zero-order valence-electron chi connectivity index (χ0n) is 14.9. The number of carbonyl (C=O) groups excluding carboxylic acids is 1. The van der Waals surface area contributed by atoms with E-state index in [0.29, 0.717) is 30.6 Å². The summed E-state index contributed by atoms with van der Waals surface area (Å²) in [6.45, 7) is 3.00.